The SMILES string of the molecule is Nc1c(C(=O)NCc2cccnc2)sc2cccc(Cl)c12. The third kappa shape index (κ3) is 2.70. The fraction of sp³-hybridized carbons (Fsp3) is 0.0667. The summed E-state index contributed by atoms with van der Waals surface area (Å²) in [4.78, 5) is 16.8. The van der Waals surface area contributed by atoms with Crippen LogP contribution in [0.4, 0.5) is 5.69 Å². The van der Waals surface area contributed by atoms with Crippen molar-refractivity contribution >= 4 is 44.6 Å². The number of pyridine rings is 1. The zero-order chi connectivity index (χ0) is 14.8. The van der Waals surface area contributed by atoms with Crippen LogP contribution in [-0.2, 0) is 6.54 Å². The van der Waals surface area contributed by atoms with Crippen molar-refractivity contribution in [3.63, 3.8) is 0 Å². The smallest absolute Gasteiger partial charge is 0.263 e. The van der Waals surface area contributed by atoms with E-state index in [2.05, 4.69) is 10.3 Å². The van der Waals surface area contributed by atoms with E-state index < -0.39 is 0 Å². The summed E-state index contributed by atoms with van der Waals surface area (Å²) in [6, 6.07) is 9.25. The highest BCUT2D eigenvalue weighted by Crippen LogP contribution is 2.37. The van der Waals surface area contributed by atoms with Crippen LogP contribution in [0.15, 0.2) is 42.7 Å². The molecule has 1 aromatic carbocycles. The number of halogens is 1. The lowest BCUT2D eigenvalue weighted by molar-refractivity contribution is 0.0956. The minimum atomic E-state index is -0.200. The molecule has 0 fully saturated rings. The van der Waals surface area contributed by atoms with Crippen LogP contribution in [0.3, 0.4) is 0 Å². The molecule has 106 valence electrons. The van der Waals surface area contributed by atoms with E-state index in [1.807, 2.05) is 24.3 Å². The predicted molar refractivity (Wildman–Crippen MR) is 86.7 cm³/mol. The molecule has 21 heavy (non-hydrogen) atoms. The van der Waals surface area contributed by atoms with E-state index >= 15 is 0 Å². The van der Waals surface area contributed by atoms with Crippen LogP contribution in [0.25, 0.3) is 10.1 Å². The Morgan fingerprint density at radius 1 is 1.33 bits per heavy atom. The van der Waals surface area contributed by atoms with Gasteiger partial charge < -0.3 is 11.1 Å². The van der Waals surface area contributed by atoms with Crippen molar-refractivity contribution in [2.45, 2.75) is 6.54 Å². The molecule has 0 spiro atoms. The van der Waals surface area contributed by atoms with Crippen LogP contribution >= 0.6 is 22.9 Å². The minimum Gasteiger partial charge on any atom is -0.397 e. The zero-order valence-corrected chi connectivity index (χ0v) is 12.5. The van der Waals surface area contributed by atoms with Crippen LogP contribution in [-0.4, -0.2) is 10.9 Å². The molecule has 0 aliphatic carbocycles. The summed E-state index contributed by atoms with van der Waals surface area (Å²) in [5.41, 5.74) is 7.43. The molecule has 2 aromatic heterocycles. The zero-order valence-electron chi connectivity index (χ0n) is 11.0. The second-order valence-corrected chi connectivity index (χ2v) is 5.96. The maximum Gasteiger partial charge on any atom is 0.263 e. The number of aromatic nitrogens is 1. The van der Waals surface area contributed by atoms with Gasteiger partial charge in [0.25, 0.3) is 5.91 Å². The van der Waals surface area contributed by atoms with Crippen molar-refractivity contribution in [1.82, 2.24) is 10.3 Å². The first-order chi connectivity index (χ1) is 10.2. The molecule has 0 bridgehead atoms. The fourth-order valence-electron chi connectivity index (χ4n) is 2.06. The molecule has 1 amide bonds. The van der Waals surface area contributed by atoms with Gasteiger partial charge in [-0.1, -0.05) is 23.7 Å². The summed E-state index contributed by atoms with van der Waals surface area (Å²) in [7, 11) is 0. The van der Waals surface area contributed by atoms with E-state index in [0.717, 1.165) is 15.6 Å². The summed E-state index contributed by atoms with van der Waals surface area (Å²) in [6.07, 6.45) is 3.41. The first kappa shape index (κ1) is 13.9. The average Bonchev–Trinajstić information content (AvgIpc) is 2.84. The molecule has 2 heterocycles. The molecule has 3 rings (SSSR count). The first-order valence-corrected chi connectivity index (χ1v) is 7.50. The number of rotatable bonds is 3. The molecule has 0 radical (unpaired) electrons. The summed E-state index contributed by atoms with van der Waals surface area (Å²) in [6.45, 7) is 0.411. The molecule has 0 aliphatic heterocycles. The van der Waals surface area contributed by atoms with Gasteiger partial charge in [0.1, 0.15) is 4.88 Å². The Balaban J connectivity index is 1.85. The van der Waals surface area contributed by atoms with Crippen molar-refractivity contribution in [2.24, 2.45) is 0 Å². The second-order valence-electron chi connectivity index (χ2n) is 4.50. The predicted octanol–water partition coefficient (Wildman–Crippen LogP) is 3.46. The number of nitrogen functional groups attached to an aromatic ring is 1. The van der Waals surface area contributed by atoms with Gasteiger partial charge in [0.05, 0.1) is 10.7 Å². The molecule has 0 saturated carbocycles. The molecule has 6 heteroatoms. The van der Waals surface area contributed by atoms with Crippen LogP contribution in [0.1, 0.15) is 15.2 Å². The number of nitrogens with zero attached hydrogens (tertiary/aromatic N) is 1. The molecule has 0 saturated heterocycles. The quantitative estimate of drug-likeness (QED) is 0.777. The van der Waals surface area contributed by atoms with Gasteiger partial charge in [-0.15, -0.1) is 11.3 Å². The third-order valence-electron chi connectivity index (χ3n) is 3.08. The first-order valence-electron chi connectivity index (χ1n) is 6.30. The van der Waals surface area contributed by atoms with Gasteiger partial charge in [0, 0.05) is 29.0 Å². The number of hydrogen-bond donors (Lipinski definition) is 2. The average molecular weight is 318 g/mol. The van der Waals surface area contributed by atoms with Gasteiger partial charge >= 0.3 is 0 Å². The molecular formula is C15H12ClN3OS. The fourth-order valence-corrected chi connectivity index (χ4v) is 3.46. The van der Waals surface area contributed by atoms with E-state index in [1.165, 1.54) is 11.3 Å². The van der Waals surface area contributed by atoms with Crippen molar-refractivity contribution < 1.29 is 4.79 Å². The Morgan fingerprint density at radius 3 is 2.90 bits per heavy atom. The normalized spacial score (nSPS) is 10.7. The Labute approximate surface area is 130 Å². The number of benzene rings is 1. The van der Waals surface area contributed by atoms with Crippen molar-refractivity contribution in [2.75, 3.05) is 5.73 Å². The lowest BCUT2D eigenvalue weighted by Crippen LogP contribution is -2.22. The van der Waals surface area contributed by atoms with Gasteiger partial charge in [-0.3, -0.25) is 9.78 Å². The monoisotopic (exact) mass is 317 g/mol. The second kappa shape index (κ2) is 5.71. The van der Waals surface area contributed by atoms with Gasteiger partial charge in [-0.2, -0.15) is 0 Å². The Bertz CT molecular complexity index is 801. The number of carbonyl (C=O) groups is 1. The third-order valence-corrected chi connectivity index (χ3v) is 4.57. The van der Waals surface area contributed by atoms with Gasteiger partial charge in [0.15, 0.2) is 0 Å². The number of anilines is 1. The van der Waals surface area contributed by atoms with Gasteiger partial charge in [-0.05, 0) is 23.8 Å². The number of nitrogens with one attached hydrogen (secondary N) is 1. The summed E-state index contributed by atoms with van der Waals surface area (Å²) < 4.78 is 0.909. The number of amides is 1. The van der Waals surface area contributed by atoms with E-state index in [-0.39, 0.29) is 5.91 Å². The molecule has 0 unspecified atom stereocenters. The molecular weight excluding hydrogens is 306 g/mol. The van der Waals surface area contributed by atoms with Gasteiger partial charge in [0.2, 0.25) is 0 Å². The van der Waals surface area contributed by atoms with Crippen LogP contribution in [0, 0.1) is 0 Å². The number of thiophene rings is 1. The highest BCUT2D eigenvalue weighted by molar-refractivity contribution is 7.21. The van der Waals surface area contributed by atoms with Crippen molar-refractivity contribution in [1.29, 1.82) is 0 Å². The Morgan fingerprint density at radius 2 is 2.19 bits per heavy atom. The minimum absolute atomic E-state index is 0.200. The maximum absolute atomic E-state index is 12.3. The van der Waals surface area contributed by atoms with Crippen molar-refractivity contribution in [3.8, 4) is 0 Å². The van der Waals surface area contributed by atoms with Gasteiger partial charge in [-0.25, -0.2) is 0 Å². The van der Waals surface area contributed by atoms with Crippen molar-refractivity contribution in [3.05, 3.63) is 58.2 Å². The topological polar surface area (TPSA) is 68.0 Å². The van der Waals surface area contributed by atoms with Crippen LogP contribution in [0.2, 0.25) is 5.02 Å². The molecule has 4 nitrogen and oxygen atoms in total. The Kier molecular flexibility index (Phi) is 3.77. The van der Waals surface area contributed by atoms with Crippen LogP contribution < -0.4 is 11.1 Å². The molecule has 0 atom stereocenters. The molecule has 3 aromatic rings. The lowest BCUT2D eigenvalue weighted by Gasteiger charge is -2.04. The number of fused-ring (bicyclic) bond motifs is 1. The van der Waals surface area contributed by atoms with E-state index in [0.29, 0.717) is 22.1 Å². The summed E-state index contributed by atoms with van der Waals surface area (Å²) in [5.74, 6) is -0.200. The lowest BCUT2D eigenvalue weighted by atomic mass is 10.2. The Hall–Kier alpha value is -2.11. The number of hydrogen-bond acceptors (Lipinski definition) is 4. The summed E-state index contributed by atoms with van der Waals surface area (Å²) >= 11 is 7.48. The number of nitrogens with two attached hydrogens (primary N) is 1. The highest BCUT2D eigenvalue weighted by atomic mass is 35.5. The van der Waals surface area contributed by atoms with E-state index in [4.69, 9.17) is 17.3 Å². The summed E-state index contributed by atoms with van der Waals surface area (Å²) in [5, 5.41) is 4.15. The molecule has 0 aliphatic rings. The largest absolute Gasteiger partial charge is 0.397 e. The van der Waals surface area contributed by atoms with Crippen LogP contribution in [0.5, 0.6) is 0 Å². The van der Waals surface area contributed by atoms with E-state index in [9.17, 15) is 4.79 Å². The standard InChI is InChI=1S/C15H12ClN3OS/c16-10-4-1-5-11-12(10)13(17)14(21-11)15(20)19-8-9-3-2-6-18-7-9/h1-7H,8,17H2,(H,19,20). The number of carbonyl (C=O) groups excluding carboxylic acids is 1. The van der Waals surface area contributed by atoms with E-state index in [1.54, 1.807) is 18.5 Å². The maximum atomic E-state index is 12.3. The molecule has 3 N–H and O–H groups in total. The highest BCUT2D eigenvalue weighted by Gasteiger charge is 2.17.